The molecule has 1 aromatic rings. The van der Waals surface area contributed by atoms with Gasteiger partial charge in [-0.1, -0.05) is 13.8 Å². The van der Waals surface area contributed by atoms with Gasteiger partial charge in [0, 0.05) is 38.8 Å². The van der Waals surface area contributed by atoms with Crippen LogP contribution in [0.3, 0.4) is 0 Å². The van der Waals surface area contributed by atoms with E-state index in [0.717, 1.165) is 57.3 Å². The first-order valence-electron chi connectivity index (χ1n) is 9.12. The molecule has 2 saturated heterocycles. The molecule has 3 heterocycles. The zero-order valence-corrected chi connectivity index (χ0v) is 15.1. The van der Waals surface area contributed by atoms with Gasteiger partial charge in [0.2, 0.25) is 0 Å². The molecule has 0 amide bonds. The molecular weight excluding hydrogens is 304 g/mol. The van der Waals surface area contributed by atoms with Crippen molar-refractivity contribution in [1.29, 1.82) is 0 Å². The maximum absolute atomic E-state index is 5.96. The lowest BCUT2D eigenvalue weighted by Gasteiger charge is -2.35. The van der Waals surface area contributed by atoms with Crippen LogP contribution in [-0.4, -0.2) is 55.5 Å². The third-order valence-corrected chi connectivity index (χ3v) is 4.96. The molecule has 3 atom stereocenters. The van der Waals surface area contributed by atoms with E-state index in [0.29, 0.717) is 17.9 Å². The van der Waals surface area contributed by atoms with E-state index in [-0.39, 0.29) is 6.10 Å². The summed E-state index contributed by atoms with van der Waals surface area (Å²) in [7, 11) is 2.09. The second kappa shape index (κ2) is 8.12. The molecule has 2 aliphatic rings. The Balaban J connectivity index is 1.63. The summed E-state index contributed by atoms with van der Waals surface area (Å²) < 4.78 is 11.4. The molecule has 6 heteroatoms. The molecule has 0 aromatic carbocycles. The van der Waals surface area contributed by atoms with Gasteiger partial charge in [-0.05, 0) is 25.2 Å². The Labute approximate surface area is 145 Å². The molecule has 0 aliphatic carbocycles. The van der Waals surface area contributed by atoms with Crippen molar-refractivity contribution in [2.75, 3.05) is 43.6 Å². The normalized spacial score (nSPS) is 27.4. The van der Waals surface area contributed by atoms with Crippen LogP contribution in [-0.2, 0) is 9.47 Å². The maximum atomic E-state index is 5.96. The second-order valence-electron chi connectivity index (χ2n) is 7.34. The monoisotopic (exact) mass is 334 g/mol. The fourth-order valence-electron chi connectivity index (χ4n) is 3.65. The van der Waals surface area contributed by atoms with Crippen LogP contribution in [0.2, 0.25) is 0 Å². The van der Waals surface area contributed by atoms with E-state index in [9.17, 15) is 0 Å². The second-order valence-corrected chi connectivity index (χ2v) is 7.34. The molecule has 3 rings (SSSR count). The van der Waals surface area contributed by atoms with Gasteiger partial charge in [-0.25, -0.2) is 9.97 Å². The number of aromatic nitrogens is 2. The first kappa shape index (κ1) is 17.4. The highest BCUT2D eigenvalue weighted by molar-refractivity contribution is 5.48. The standard InChI is InChI=1S/C18H30N4O2/c1-13(2)18-15(5-4-7-24-18)21-16-9-17(20-12-19-16)22(3)10-14-6-8-23-11-14/h9,12-15,18H,4-8,10-11H2,1-3H3,(H,19,20,21)/t14-,15+,18-/m0/s1. The predicted octanol–water partition coefficient (Wildman–Crippen LogP) is 2.56. The molecule has 6 nitrogen and oxygen atoms in total. The highest BCUT2D eigenvalue weighted by Crippen LogP contribution is 2.24. The van der Waals surface area contributed by atoms with Gasteiger partial charge in [-0.2, -0.15) is 0 Å². The van der Waals surface area contributed by atoms with Crippen molar-refractivity contribution < 1.29 is 9.47 Å². The van der Waals surface area contributed by atoms with E-state index in [1.54, 1.807) is 6.33 Å². The van der Waals surface area contributed by atoms with Gasteiger partial charge >= 0.3 is 0 Å². The molecule has 134 valence electrons. The molecule has 1 N–H and O–H groups in total. The lowest BCUT2D eigenvalue weighted by Crippen LogP contribution is -2.43. The highest BCUT2D eigenvalue weighted by Gasteiger charge is 2.28. The van der Waals surface area contributed by atoms with Crippen molar-refractivity contribution in [3.05, 3.63) is 12.4 Å². The van der Waals surface area contributed by atoms with Crippen molar-refractivity contribution in [3.8, 4) is 0 Å². The molecular formula is C18H30N4O2. The SMILES string of the molecule is CC(C)[C@@H]1OCCC[C@H]1Nc1cc(N(C)C[C@@H]2CCOC2)ncn1. The van der Waals surface area contributed by atoms with Gasteiger partial charge in [0.05, 0.1) is 18.8 Å². The van der Waals surface area contributed by atoms with Gasteiger partial charge in [-0.15, -0.1) is 0 Å². The van der Waals surface area contributed by atoms with Crippen LogP contribution in [0.15, 0.2) is 12.4 Å². The number of hydrogen-bond donors (Lipinski definition) is 1. The minimum Gasteiger partial charge on any atom is -0.381 e. The van der Waals surface area contributed by atoms with Crippen LogP contribution in [0.5, 0.6) is 0 Å². The summed E-state index contributed by atoms with van der Waals surface area (Å²) in [5, 5.41) is 3.57. The van der Waals surface area contributed by atoms with Crippen LogP contribution < -0.4 is 10.2 Å². The molecule has 0 bridgehead atoms. The maximum Gasteiger partial charge on any atom is 0.133 e. The third-order valence-electron chi connectivity index (χ3n) is 4.96. The molecule has 0 saturated carbocycles. The fourth-order valence-corrected chi connectivity index (χ4v) is 3.65. The molecule has 2 aliphatic heterocycles. The van der Waals surface area contributed by atoms with Crippen molar-refractivity contribution in [2.45, 2.75) is 45.3 Å². The van der Waals surface area contributed by atoms with Crippen molar-refractivity contribution >= 4 is 11.6 Å². The summed E-state index contributed by atoms with van der Waals surface area (Å²) >= 11 is 0. The topological polar surface area (TPSA) is 59.5 Å². The Hall–Kier alpha value is -1.40. The number of hydrogen-bond acceptors (Lipinski definition) is 6. The summed E-state index contributed by atoms with van der Waals surface area (Å²) in [4.78, 5) is 11.0. The van der Waals surface area contributed by atoms with Gasteiger partial charge in [0.1, 0.15) is 18.0 Å². The third kappa shape index (κ3) is 4.36. The highest BCUT2D eigenvalue weighted by atomic mass is 16.5. The number of nitrogens with zero attached hydrogens (tertiary/aromatic N) is 3. The van der Waals surface area contributed by atoms with E-state index in [1.807, 2.05) is 6.07 Å². The van der Waals surface area contributed by atoms with E-state index >= 15 is 0 Å². The van der Waals surface area contributed by atoms with E-state index in [4.69, 9.17) is 9.47 Å². The molecule has 24 heavy (non-hydrogen) atoms. The van der Waals surface area contributed by atoms with Crippen molar-refractivity contribution in [3.63, 3.8) is 0 Å². The summed E-state index contributed by atoms with van der Waals surface area (Å²) in [5.41, 5.74) is 0. The lowest BCUT2D eigenvalue weighted by atomic mass is 9.94. The summed E-state index contributed by atoms with van der Waals surface area (Å²) in [6.45, 7) is 8.00. The number of rotatable bonds is 6. The predicted molar refractivity (Wildman–Crippen MR) is 95.5 cm³/mol. The fraction of sp³-hybridized carbons (Fsp3) is 0.778. The lowest BCUT2D eigenvalue weighted by molar-refractivity contribution is -0.0203. The summed E-state index contributed by atoms with van der Waals surface area (Å²) in [6, 6.07) is 2.36. The zero-order chi connectivity index (χ0) is 16.9. The molecule has 0 radical (unpaired) electrons. The van der Waals surface area contributed by atoms with Crippen LogP contribution >= 0.6 is 0 Å². The van der Waals surface area contributed by atoms with E-state index in [2.05, 4.69) is 41.1 Å². The van der Waals surface area contributed by atoms with E-state index in [1.165, 1.54) is 0 Å². The van der Waals surface area contributed by atoms with Crippen LogP contribution in [0.25, 0.3) is 0 Å². The smallest absolute Gasteiger partial charge is 0.133 e. The first-order chi connectivity index (χ1) is 11.6. The van der Waals surface area contributed by atoms with Gasteiger partial charge < -0.3 is 19.7 Å². The quantitative estimate of drug-likeness (QED) is 0.863. The average Bonchev–Trinajstić information content (AvgIpc) is 3.08. The van der Waals surface area contributed by atoms with Crippen LogP contribution in [0, 0.1) is 11.8 Å². The zero-order valence-electron chi connectivity index (χ0n) is 15.1. The Morgan fingerprint density at radius 2 is 2.17 bits per heavy atom. The van der Waals surface area contributed by atoms with Gasteiger partial charge in [0.15, 0.2) is 0 Å². The number of anilines is 2. The minimum atomic E-state index is 0.241. The minimum absolute atomic E-state index is 0.241. The largest absolute Gasteiger partial charge is 0.381 e. The van der Waals surface area contributed by atoms with Gasteiger partial charge in [-0.3, -0.25) is 0 Å². The molecule has 0 unspecified atom stereocenters. The Morgan fingerprint density at radius 3 is 2.92 bits per heavy atom. The van der Waals surface area contributed by atoms with Crippen molar-refractivity contribution in [1.82, 2.24) is 9.97 Å². The Morgan fingerprint density at radius 1 is 1.29 bits per heavy atom. The Bertz CT molecular complexity index is 519. The van der Waals surface area contributed by atoms with Crippen molar-refractivity contribution in [2.24, 2.45) is 11.8 Å². The van der Waals surface area contributed by atoms with Gasteiger partial charge in [0.25, 0.3) is 0 Å². The average molecular weight is 334 g/mol. The van der Waals surface area contributed by atoms with Crippen LogP contribution in [0.4, 0.5) is 11.6 Å². The summed E-state index contributed by atoms with van der Waals surface area (Å²) in [5.74, 6) is 2.93. The number of nitrogens with one attached hydrogen (secondary N) is 1. The summed E-state index contributed by atoms with van der Waals surface area (Å²) in [6.07, 6.45) is 5.24. The van der Waals surface area contributed by atoms with E-state index < -0.39 is 0 Å². The molecule has 2 fully saturated rings. The number of ether oxygens (including phenoxy) is 2. The molecule has 0 spiro atoms. The Kier molecular flexibility index (Phi) is 5.89. The first-order valence-corrected chi connectivity index (χ1v) is 9.12. The van der Waals surface area contributed by atoms with Crippen LogP contribution in [0.1, 0.15) is 33.1 Å². The molecule has 1 aromatic heterocycles.